The Kier molecular flexibility index (Phi) is 5.31. The van der Waals surface area contributed by atoms with Crippen LogP contribution in [-0.2, 0) is 4.79 Å². The van der Waals surface area contributed by atoms with Crippen molar-refractivity contribution in [1.29, 1.82) is 0 Å². The van der Waals surface area contributed by atoms with Crippen LogP contribution in [0.2, 0.25) is 0 Å². The number of carbonyl (C=O) groups excluding carboxylic acids is 2. The molecule has 3 aromatic rings. The molecule has 30 heavy (non-hydrogen) atoms. The predicted molar refractivity (Wildman–Crippen MR) is 108 cm³/mol. The number of rotatable bonds is 6. The lowest BCUT2D eigenvalue weighted by molar-refractivity contribution is -0.130. The first kappa shape index (κ1) is 19.8. The largest absolute Gasteiger partial charge is 0.508 e. The Balaban J connectivity index is 1.55. The van der Waals surface area contributed by atoms with E-state index in [1.54, 1.807) is 41.3 Å². The van der Waals surface area contributed by atoms with Gasteiger partial charge < -0.3 is 10.0 Å². The number of amides is 1. The standard InChI is InChI=1S/C24H19F2NO3/c25-17-5-1-15(2-6-17)22(29)14-13-21-23(16-3-11-20(28)12-4-16)27(24(21)30)19-9-7-18(26)8-10-19/h1-12,21,23,28H,13-14H2/t21-,23?/m1/s1. The molecule has 1 aliphatic heterocycles. The number of ketones is 1. The van der Waals surface area contributed by atoms with Crippen molar-refractivity contribution in [1.82, 2.24) is 0 Å². The molecule has 3 aromatic carbocycles. The number of aromatic hydroxyl groups is 1. The van der Waals surface area contributed by atoms with E-state index in [1.807, 2.05) is 0 Å². The number of β-lactam (4-membered cyclic amide) rings is 1. The van der Waals surface area contributed by atoms with Crippen LogP contribution >= 0.6 is 0 Å². The van der Waals surface area contributed by atoms with Crippen LogP contribution in [0.25, 0.3) is 0 Å². The Bertz CT molecular complexity index is 1060. The molecular formula is C24H19F2NO3. The van der Waals surface area contributed by atoms with Crippen LogP contribution in [0.15, 0.2) is 72.8 Å². The Labute approximate surface area is 172 Å². The van der Waals surface area contributed by atoms with E-state index in [9.17, 15) is 23.5 Å². The van der Waals surface area contributed by atoms with Crippen molar-refractivity contribution >= 4 is 17.4 Å². The first-order valence-corrected chi connectivity index (χ1v) is 9.60. The zero-order valence-electron chi connectivity index (χ0n) is 16.0. The summed E-state index contributed by atoms with van der Waals surface area (Å²) in [6.45, 7) is 0. The summed E-state index contributed by atoms with van der Waals surface area (Å²) in [5.74, 6) is -1.43. The van der Waals surface area contributed by atoms with Crippen LogP contribution in [0.4, 0.5) is 14.5 Å². The van der Waals surface area contributed by atoms with Crippen molar-refractivity contribution < 1.29 is 23.5 Å². The van der Waals surface area contributed by atoms with Crippen LogP contribution in [0.3, 0.4) is 0 Å². The number of hydrogen-bond donors (Lipinski definition) is 1. The molecule has 0 bridgehead atoms. The van der Waals surface area contributed by atoms with Gasteiger partial charge in [-0.2, -0.15) is 0 Å². The zero-order valence-corrected chi connectivity index (χ0v) is 16.0. The first-order valence-electron chi connectivity index (χ1n) is 9.60. The summed E-state index contributed by atoms with van der Waals surface area (Å²) in [7, 11) is 0. The van der Waals surface area contributed by atoms with E-state index in [0.29, 0.717) is 17.7 Å². The number of benzene rings is 3. The van der Waals surface area contributed by atoms with Gasteiger partial charge in [0.15, 0.2) is 5.78 Å². The minimum atomic E-state index is -0.427. The van der Waals surface area contributed by atoms with Gasteiger partial charge in [-0.1, -0.05) is 12.1 Å². The van der Waals surface area contributed by atoms with E-state index in [0.717, 1.165) is 5.56 Å². The quantitative estimate of drug-likeness (QED) is 0.460. The Morgan fingerprint density at radius 3 is 2.03 bits per heavy atom. The Morgan fingerprint density at radius 1 is 0.867 bits per heavy atom. The van der Waals surface area contributed by atoms with Crippen LogP contribution in [0.1, 0.15) is 34.8 Å². The number of carbonyl (C=O) groups is 2. The van der Waals surface area contributed by atoms with Crippen molar-refractivity contribution in [3.8, 4) is 5.75 Å². The molecule has 1 fully saturated rings. The van der Waals surface area contributed by atoms with Gasteiger partial charge in [-0.25, -0.2) is 8.78 Å². The van der Waals surface area contributed by atoms with Crippen molar-refractivity contribution in [2.45, 2.75) is 18.9 Å². The second-order valence-corrected chi connectivity index (χ2v) is 7.30. The number of Topliss-reactive ketones (excluding diaryl/α,β-unsaturated/α-hetero) is 1. The van der Waals surface area contributed by atoms with Crippen molar-refractivity contribution in [2.24, 2.45) is 5.92 Å². The van der Waals surface area contributed by atoms with Crippen LogP contribution in [0, 0.1) is 17.6 Å². The molecule has 1 heterocycles. The average Bonchev–Trinajstić information content (AvgIpc) is 2.74. The number of phenolic OH excluding ortho intramolecular Hbond substituents is 1. The molecule has 1 saturated heterocycles. The molecule has 0 spiro atoms. The van der Waals surface area contributed by atoms with E-state index < -0.39 is 17.6 Å². The molecule has 4 rings (SSSR count). The summed E-state index contributed by atoms with van der Waals surface area (Å²) in [6.07, 6.45) is 0.478. The highest BCUT2D eigenvalue weighted by molar-refractivity contribution is 6.04. The third-order valence-electron chi connectivity index (χ3n) is 5.40. The number of halogens is 2. The SMILES string of the molecule is O=C(CC[C@H]1C(=O)N(c2ccc(F)cc2)C1c1ccc(O)cc1)c1ccc(F)cc1. The Hall–Kier alpha value is -3.54. The average molecular weight is 407 g/mol. The maximum Gasteiger partial charge on any atom is 0.233 e. The minimum absolute atomic E-state index is 0.112. The molecule has 0 saturated carbocycles. The second kappa shape index (κ2) is 8.06. The molecule has 1 amide bonds. The number of hydrogen-bond acceptors (Lipinski definition) is 3. The second-order valence-electron chi connectivity index (χ2n) is 7.30. The number of phenols is 1. The highest BCUT2D eigenvalue weighted by atomic mass is 19.1. The van der Waals surface area contributed by atoms with E-state index in [1.165, 1.54) is 36.4 Å². The minimum Gasteiger partial charge on any atom is -0.508 e. The van der Waals surface area contributed by atoms with Crippen LogP contribution in [-0.4, -0.2) is 16.8 Å². The summed E-state index contributed by atoms with van der Waals surface area (Å²) < 4.78 is 26.4. The molecule has 0 radical (unpaired) electrons. The lowest BCUT2D eigenvalue weighted by atomic mass is 9.78. The van der Waals surface area contributed by atoms with Crippen molar-refractivity contribution in [2.75, 3.05) is 4.90 Å². The Morgan fingerprint density at radius 2 is 1.43 bits per heavy atom. The van der Waals surface area contributed by atoms with Crippen LogP contribution < -0.4 is 4.90 Å². The highest BCUT2D eigenvalue weighted by Crippen LogP contribution is 2.45. The summed E-state index contributed by atoms with van der Waals surface area (Å²) in [6, 6.07) is 17.2. The molecule has 1 unspecified atom stereocenters. The third-order valence-corrected chi connectivity index (χ3v) is 5.40. The maximum absolute atomic E-state index is 13.3. The van der Waals surface area contributed by atoms with Gasteiger partial charge in [-0.15, -0.1) is 0 Å². The number of anilines is 1. The van der Waals surface area contributed by atoms with Gasteiger partial charge in [0, 0.05) is 17.7 Å². The normalized spacial score (nSPS) is 18.2. The molecule has 0 aliphatic carbocycles. The molecule has 0 aromatic heterocycles. The van der Waals surface area contributed by atoms with Gasteiger partial charge in [0.05, 0.1) is 12.0 Å². The molecular weight excluding hydrogens is 388 g/mol. The fraction of sp³-hybridized carbons (Fsp3) is 0.167. The smallest absolute Gasteiger partial charge is 0.233 e. The molecule has 1 N–H and O–H groups in total. The van der Waals surface area contributed by atoms with E-state index in [4.69, 9.17) is 0 Å². The molecule has 4 nitrogen and oxygen atoms in total. The van der Waals surface area contributed by atoms with Crippen molar-refractivity contribution in [3.05, 3.63) is 95.6 Å². The maximum atomic E-state index is 13.3. The molecule has 2 atom stereocenters. The van der Waals surface area contributed by atoms with Gasteiger partial charge >= 0.3 is 0 Å². The number of nitrogens with zero attached hydrogens (tertiary/aromatic N) is 1. The predicted octanol–water partition coefficient (Wildman–Crippen LogP) is 5.04. The lowest BCUT2D eigenvalue weighted by Crippen LogP contribution is -2.55. The fourth-order valence-electron chi connectivity index (χ4n) is 3.84. The van der Waals surface area contributed by atoms with Gasteiger partial charge in [0.25, 0.3) is 0 Å². The molecule has 6 heteroatoms. The highest BCUT2D eigenvalue weighted by Gasteiger charge is 2.48. The molecule has 1 aliphatic rings. The lowest BCUT2D eigenvalue weighted by Gasteiger charge is -2.47. The topological polar surface area (TPSA) is 57.6 Å². The van der Waals surface area contributed by atoms with Gasteiger partial charge in [-0.05, 0) is 72.6 Å². The molecule has 152 valence electrons. The van der Waals surface area contributed by atoms with E-state index in [-0.39, 0.29) is 29.9 Å². The van der Waals surface area contributed by atoms with E-state index in [2.05, 4.69) is 0 Å². The summed E-state index contributed by atoms with van der Waals surface area (Å²) in [4.78, 5) is 27.0. The first-order chi connectivity index (χ1) is 14.4. The zero-order chi connectivity index (χ0) is 21.3. The van der Waals surface area contributed by atoms with Gasteiger partial charge in [0.2, 0.25) is 5.91 Å². The van der Waals surface area contributed by atoms with Crippen molar-refractivity contribution in [3.63, 3.8) is 0 Å². The fourth-order valence-corrected chi connectivity index (χ4v) is 3.84. The van der Waals surface area contributed by atoms with Gasteiger partial charge in [0.1, 0.15) is 17.4 Å². The summed E-state index contributed by atoms with van der Waals surface area (Å²) in [5, 5.41) is 9.59. The van der Waals surface area contributed by atoms with Gasteiger partial charge in [-0.3, -0.25) is 9.59 Å². The monoisotopic (exact) mass is 407 g/mol. The summed E-state index contributed by atoms with van der Waals surface area (Å²) >= 11 is 0. The third kappa shape index (κ3) is 3.81. The van der Waals surface area contributed by atoms with Crippen LogP contribution in [0.5, 0.6) is 5.75 Å². The summed E-state index contributed by atoms with van der Waals surface area (Å²) in [5.41, 5.74) is 1.79. The van der Waals surface area contributed by atoms with E-state index >= 15 is 0 Å².